The van der Waals surface area contributed by atoms with Gasteiger partial charge in [-0.15, -0.1) is 0 Å². The van der Waals surface area contributed by atoms with Crippen LogP contribution in [-0.2, 0) is 0 Å². The number of aromatic nitrogens is 1. The Morgan fingerprint density at radius 3 is 2.88 bits per heavy atom. The Morgan fingerprint density at radius 2 is 2.12 bits per heavy atom. The fourth-order valence-electron chi connectivity index (χ4n) is 3.27. The van der Waals surface area contributed by atoms with Crippen LogP contribution in [0, 0.1) is 11.3 Å². The standard InChI is InChI=1S/C19H15N3O3/c1-24-16-8-10(2-5-15(16)23)17-12-3-4-14-11(6-7-22-14)18(12)25-19(21)13(17)9-20/h2-8,17,22-23H,21H2,1H3/t17-/m0/s1. The minimum Gasteiger partial charge on any atom is -0.504 e. The fraction of sp³-hybridized carbons (Fsp3) is 0.105. The van der Waals surface area contributed by atoms with Crippen LogP contribution in [0.2, 0.25) is 0 Å². The summed E-state index contributed by atoms with van der Waals surface area (Å²) in [6.45, 7) is 0. The lowest BCUT2D eigenvalue weighted by Crippen LogP contribution is -2.21. The Balaban J connectivity index is 1.99. The normalized spacial score (nSPS) is 16.2. The van der Waals surface area contributed by atoms with E-state index in [4.69, 9.17) is 15.2 Å². The number of hydrogen-bond donors (Lipinski definition) is 3. The molecule has 6 nitrogen and oxygen atoms in total. The van der Waals surface area contributed by atoms with Gasteiger partial charge in [0, 0.05) is 22.7 Å². The maximum atomic E-state index is 9.86. The maximum Gasteiger partial charge on any atom is 0.205 e. The number of aromatic hydroxyl groups is 1. The van der Waals surface area contributed by atoms with Crippen molar-refractivity contribution in [1.82, 2.24) is 4.98 Å². The van der Waals surface area contributed by atoms with Crippen LogP contribution in [-0.4, -0.2) is 17.2 Å². The number of rotatable bonds is 2. The molecule has 0 fully saturated rings. The number of phenolic OH excluding ortho intramolecular Hbond substituents is 1. The lowest BCUT2D eigenvalue weighted by molar-refractivity contribution is 0.372. The van der Waals surface area contributed by atoms with Gasteiger partial charge in [-0.3, -0.25) is 0 Å². The lowest BCUT2D eigenvalue weighted by atomic mass is 9.83. The van der Waals surface area contributed by atoms with Crippen molar-refractivity contribution in [3.8, 4) is 23.3 Å². The Kier molecular flexibility index (Phi) is 3.29. The average molecular weight is 333 g/mol. The SMILES string of the molecule is COc1cc([C@@H]2C(C#N)=C(N)Oc3c2ccc2[nH]ccc32)ccc1O. The molecular formula is C19H15N3O3. The number of hydrogen-bond acceptors (Lipinski definition) is 5. The molecule has 0 unspecified atom stereocenters. The van der Waals surface area contributed by atoms with Gasteiger partial charge in [-0.2, -0.15) is 5.26 Å². The van der Waals surface area contributed by atoms with Crippen LogP contribution < -0.4 is 15.2 Å². The van der Waals surface area contributed by atoms with Crippen LogP contribution in [0.25, 0.3) is 10.9 Å². The molecule has 1 aliphatic rings. The minimum atomic E-state index is -0.400. The molecule has 0 saturated heterocycles. The Hall–Kier alpha value is -3.59. The van der Waals surface area contributed by atoms with Gasteiger partial charge in [0.2, 0.25) is 5.88 Å². The number of allylic oxidation sites excluding steroid dienone is 1. The quantitative estimate of drug-likeness (QED) is 0.668. The average Bonchev–Trinajstić information content (AvgIpc) is 3.10. The Morgan fingerprint density at radius 1 is 1.28 bits per heavy atom. The van der Waals surface area contributed by atoms with Crippen molar-refractivity contribution in [2.75, 3.05) is 7.11 Å². The van der Waals surface area contributed by atoms with E-state index in [2.05, 4.69) is 11.1 Å². The molecule has 0 aliphatic carbocycles. The van der Waals surface area contributed by atoms with Crippen LogP contribution in [0.3, 0.4) is 0 Å². The second kappa shape index (κ2) is 5.49. The van der Waals surface area contributed by atoms with E-state index in [-0.39, 0.29) is 11.6 Å². The third-order valence-electron chi connectivity index (χ3n) is 4.45. The van der Waals surface area contributed by atoms with Gasteiger partial charge in [0.15, 0.2) is 11.5 Å². The topological polar surface area (TPSA) is 104 Å². The number of nitriles is 1. The van der Waals surface area contributed by atoms with Crippen LogP contribution in [0.15, 0.2) is 54.1 Å². The molecule has 0 radical (unpaired) electrons. The first kappa shape index (κ1) is 15.0. The zero-order valence-corrected chi connectivity index (χ0v) is 13.4. The van der Waals surface area contributed by atoms with Gasteiger partial charge in [-0.25, -0.2) is 0 Å². The zero-order chi connectivity index (χ0) is 17.6. The highest BCUT2D eigenvalue weighted by atomic mass is 16.5. The third-order valence-corrected chi connectivity index (χ3v) is 4.45. The number of aromatic amines is 1. The number of phenols is 1. The monoisotopic (exact) mass is 333 g/mol. The van der Waals surface area contributed by atoms with E-state index in [1.54, 1.807) is 18.2 Å². The molecule has 25 heavy (non-hydrogen) atoms. The summed E-state index contributed by atoms with van der Waals surface area (Å²) in [5, 5.41) is 20.4. The number of ether oxygens (including phenoxy) is 2. The Labute approximate surface area is 143 Å². The molecule has 2 heterocycles. The highest BCUT2D eigenvalue weighted by Crippen LogP contribution is 2.46. The van der Waals surface area contributed by atoms with Crippen LogP contribution in [0.1, 0.15) is 17.0 Å². The van der Waals surface area contributed by atoms with Crippen molar-refractivity contribution >= 4 is 10.9 Å². The molecule has 3 aromatic rings. The Bertz CT molecular complexity index is 1060. The first-order valence-corrected chi connectivity index (χ1v) is 7.68. The second-order valence-electron chi connectivity index (χ2n) is 5.78. The molecule has 0 spiro atoms. The summed E-state index contributed by atoms with van der Waals surface area (Å²) < 4.78 is 11.0. The van der Waals surface area contributed by atoms with Gasteiger partial charge in [0.25, 0.3) is 0 Å². The van der Waals surface area contributed by atoms with Crippen molar-refractivity contribution in [3.63, 3.8) is 0 Å². The van der Waals surface area contributed by atoms with Crippen molar-refractivity contribution in [2.24, 2.45) is 5.73 Å². The summed E-state index contributed by atoms with van der Waals surface area (Å²) in [7, 11) is 1.48. The van der Waals surface area contributed by atoms with E-state index in [0.717, 1.165) is 22.0 Å². The van der Waals surface area contributed by atoms with Gasteiger partial charge in [-0.05, 0) is 29.8 Å². The van der Waals surface area contributed by atoms with Crippen molar-refractivity contribution in [2.45, 2.75) is 5.92 Å². The number of nitrogens with two attached hydrogens (primary N) is 1. The predicted octanol–water partition coefficient (Wildman–Crippen LogP) is 3.10. The van der Waals surface area contributed by atoms with E-state index in [1.807, 2.05) is 24.4 Å². The molecule has 1 aromatic heterocycles. The van der Waals surface area contributed by atoms with Gasteiger partial charge < -0.3 is 25.3 Å². The van der Waals surface area contributed by atoms with E-state index in [1.165, 1.54) is 7.11 Å². The van der Waals surface area contributed by atoms with Crippen LogP contribution in [0.4, 0.5) is 0 Å². The molecule has 0 saturated carbocycles. The predicted molar refractivity (Wildman–Crippen MR) is 92.3 cm³/mol. The van der Waals surface area contributed by atoms with Gasteiger partial charge in [-0.1, -0.05) is 12.1 Å². The van der Waals surface area contributed by atoms with Crippen molar-refractivity contribution < 1.29 is 14.6 Å². The summed E-state index contributed by atoms with van der Waals surface area (Å²) in [6.07, 6.45) is 1.83. The van der Waals surface area contributed by atoms with Gasteiger partial charge in [0.05, 0.1) is 13.0 Å². The summed E-state index contributed by atoms with van der Waals surface area (Å²) >= 11 is 0. The number of H-pyrrole nitrogens is 1. The molecule has 1 aliphatic heterocycles. The number of nitrogens with zero attached hydrogens (tertiary/aromatic N) is 1. The molecular weight excluding hydrogens is 318 g/mol. The first-order valence-electron chi connectivity index (χ1n) is 7.68. The lowest BCUT2D eigenvalue weighted by Gasteiger charge is -2.27. The number of nitrogens with one attached hydrogen (secondary N) is 1. The van der Waals surface area contributed by atoms with E-state index in [9.17, 15) is 10.4 Å². The number of fused-ring (bicyclic) bond motifs is 3. The molecule has 6 heteroatoms. The molecule has 4 rings (SSSR count). The van der Waals surface area contributed by atoms with E-state index >= 15 is 0 Å². The van der Waals surface area contributed by atoms with Crippen LogP contribution in [0.5, 0.6) is 17.2 Å². The fourth-order valence-corrected chi connectivity index (χ4v) is 3.27. The second-order valence-corrected chi connectivity index (χ2v) is 5.78. The molecule has 2 aromatic carbocycles. The van der Waals surface area contributed by atoms with Crippen LogP contribution >= 0.6 is 0 Å². The number of benzene rings is 2. The smallest absolute Gasteiger partial charge is 0.205 e. The van der Waals surface area contributed by atoms with Gasteiger partial charge in [0.1, 0.15) is 17.4 Å². The van der Waals surface area contributed by atoms with Crippen molar-refractivity contribution in [3.05, 3.63) is 65.2 Å². The molecule has 124 valence electrons. The minimum absolute atomic E-state index is 0.0371. The van der Waals surface area contributed by atoms with E-state index in [0.29, 0.717) is 17.1 Å². The third kappa shape index (κ3) is 2.17. The zero-order valence-electron chi connectivity index (χ0n) is 13.4. The summed E-state index contributed by atoms with van der Waals surface area (Å²) in [5.74, 6) is 0.690. The van der Waals surface area contributed by atoms with Gasteiger partial charge >= 0.3 is 0 Å². The molecule has 0 amide bonds. The van der Waals surface area contributed by atoms with E-state index < -0.39 is 5.92 Å². The summed E-state index contributed by atoms with van der Waals surface area (Å²) in [5.41, 5.74) is 8.91. The first-order chi connectivity index (χ1) is 12.1. The highest BCUT2D eigenvalue weighted by molar-refractivity contribution is 5.88. The maximum absolute atomic E-state index is 9.86. The molecule has 0 bridgehead atoms. The molecule has 1 atom stereocenters. The summed E-state index contributed by atoms with van der Waals surface area (Å²) in [4.78, 5) is 3.14. The molecule has 4 N–H and O–H groups in total. The highest BCUT2D eigenvalue weighted by Gasteiger charge is 2.32. The number of methoxy groups -OCH3 is 1. The largest absolute Gasteiger partial charge is 0.504 e. The van der Waals surface area contributed by atoms with Crippen molar-refractivity contribution in [1.29, 1.82) is 5.26 Å². The summed E-state index contributed by atoms with van der Waals surface area (Å²) in [6, 6.07) is 12.9.